The minimum absolute atomic E-state index is 0.125. The normalized spacial score (nSPS) is 10.2. The maximum Gasteiger partial charge on any atom is 0.404 e. The lowest BCUT2D eigenvalue weighted by molar-refractivity contribution is -0.118. The molecule has 0 aromatic carbocycles. The minimum atomic E-state index is -1.02. The molecule has 8 heteroatoms. The van der Waals surface area contributed by atoms with Crippen LogP contribution in [0.1, 0.15) is 24.3 Å². The Hall–Kier alpha value is -1.96. The highest BCUT2D eigenvalue weighted by atomic mass is 32.1. The van der Waals surface area contributed by atoms with Crippen LogP contribution < -0.4 is 11.1 Å². The van der Waals surface area contributed by atoms with Gasteiger partial charge >= 0.3 is 6.09 Å². The van der Waals surface area contributed by atoms with Crippen molar-refractivity contribution in [2.75, 3.05) is 11.9 Å². The summed E-state index contributed by atoms with van der Waals surface area (Å²) in [5.41, 5.74) is 4.86. The van der Waals surface area contributed by atoms with Crippen LogP contribution in [0.2, 0.25) is 0 Å². The topological polar surface area (TPSA) is 111 Å². The number of nitrogens with one attached hydrogen (secondary N) is 1. The number of rotatable bonds is 5. The van der Waals surface area contributed by atoms with Gasteiger partial charge in [0, 0.05) is 11.3 Å². The average molecular weight is 271 g/mol. The zero-order chi connectivity index (χ0) is 13.7. The van der Waals surface area contributed by atoms with Crippen LogP contribution in [-0.2, 0) is 9.53 Å². The highest BCUT2D eigenvalue weighted by Gasteiger charge is 2.14. The molecular formula is C10H13N3O4S. The van der Waals surface area contributed by atoms with E-state index in [1.165, 1.54) is 5.38 Å². The molecule has 3 N–H and O–H groups in total. The molecule has 0 aliphatic carbocycles. The second-order valence-corrected chi connectivity index (χ2v) is 4.57. The number of nitrogens with two attached hydrogens (primary N) is 1. The van der Waals surface area contributed by atoms with Gasteiger partial charge in [-0.05, 0) is 0 Å². The van der Waals surface area contributed by atoms with E-state index in [4.69, 9.17) is 5.73 Å². The van der Waals surface area contributed by atoms with E-state index in [9.17, 15) is 14.4 Å². The summed E-state index contributed by atoms with van der Waals surface area (Å²) in [6.07, 6.45) is -1.02. The van der Waals surface area contributed by atoms with Gasteiger partial charge in [-0.3, -0.25) is 9.59 Å². The number of amides is 2. The molecule has 0 spiro atoms. The maximum atomic E-state index is 11.5. The molecule has 2 amide bonds. The third-order valence-electron chi connectivity index (χ3n) is 1.89. The van der Waals surface area contributed by atoms with E-state index in [0.29, 0.717) is 5.13 Å². The maximum absolute atomic E-state index is 11.5. The lowest BCUT2D eigenvalue weighted by atomic mass is 10.2. The summed E-state index contributed by atoms with van der Waals surface area (Å²) in [5.74, 6) is -0.835. The van der Waals surface area contributed by atoms with Crippen LogP contribution in [0.25, 0.3) is 0 Å². The highest BCUT2D eigenvalue weighted by molar-refractivity contribution is 7.14. The first-order chi connectivity index (χ1) is 8.40. The van der Waals surface area contributed by atoms with Crippen LogP contribution in [0, 0.1) is 5.92 Å². The van der Waals surface area contributed by atoms with Crippen LogP contribution in [-0.4, -0.2) is 29.4 Å². The fourth-order valence-electron chi connectivity index (χ4n) is 0.920. The van der Waals surface area contributed by atoms with Gasteiger partial charge in [-0.25, -0.2) is 9.78 Å². The number of ether oxygens (including phenoxy) is 1. The molecular weight excluding hydrogens is 258 g/mol. The predicted molar refractivity (Wildman–Crippen MR) is 65.4 cm³/mol. The van der Waals surface area contributed by atoms with Gasteiger partial charge in [-0.2, -0.15) is 0 Å². The van der Waals surface area contributed by atoms with Crippen LogP contribution in [0.15, 0.2) is 5.38 Å². The third kappa shape index (κ3) is 4.13. The Bertz CT molecular complexity index is 469. The third-order valence-corrected chi connectivity index (χ3v) is 2.65. The first-order valence-corrected chi connectivity index (χ1v) is 6.00. The summed E-state index contributed by atoms with van der Waals surface area (Å²) in [6.45, 7) is 3.03. The Morgan fingerprint density at radius 1 is 1.50 bits per heavy atom. The Balaban J connectivity index is 2.60. The van der Waals surface area contributed by atoms with E-state index in [2.05, 4.69) is 15.0 Å². The van der Waals surface area contributed by atoms with E-state index in [1.54, 1.807) is 13.8 Å². The molecule has 0 saturated carbocycles. The Kier molecular flexibility index (Phi) is 4.78. The molecule has 98 valence electrons. The number of nitrogens with zero attached hydrogens (tertiary/aromatic N) is 1. The van der Waals surface area contributed by atoms with Crippen molar-refractivity contribution >= 4 is 34.3 Å². The van der Waals surface area contributed by atoms with Crippen molar-refractivity contribution in [3.8, 4) is 0 Å². The molecule has 7 nitrogen and oxygen atoms in total. The number of hydrogen-bond donors (Lipinski definition) is 2. The van der Waals surface area contributed by atoms with E-state index >= 15 is 0 Å². The van der Waals surface area contributed by atoms with E-state index < -0.39 is 18.5 Å². The first-order valence-electron chi connectivity index (χ1n) is 5.12. The minimum Gasteiger partial charge on any atom is -0.441 e. The van der Waals surface area contributed by atoms with E-state index in [0.717, 1.165) is 11.3 Å². The molecule has 0 aliphatic rings. The summed E-state index contributed by atoms with van der Waals surface area (Å²) >= 11 is 1.12. The molecule has 0 unspecified atom stereocenters. The zero-order valence-corrected chi connectivity index (χ0v) is 10.7. The molecule has 0 saturated heterocycles. The number of carbonyl (C=O) groups excluding carboxylic acids is 3. The van der Waals surface area contributed by atoms with Crippen LogP contribution in [0.3, 0.4) is 0 Å². The Morgan fingerprint density at radius 3 is 2.72 bits per heavy atom. The fraction of sp³-hybridized carbons (Fsp3) is 0.400. The fourth-order valence-corrected chi connectivity index (χ4v) is 1.64. The number of carbonyl (C=O) groups is 3. The smallest absolute Gasteiger partial charge is 0.404 e. The van der Waals surface area contributed by atoms with Crippen molar-refractivity contribution in [3.05, 3.63) is 11.1 Å². The van der Waals surface area contributed by atoms with Crippen molar-refractivity contribution < 1.29 is 19.1 Å². The number of anilines is 1. The van der Waals surface area contributed by atoms with Crippen LogP contribution in [0.4, 0.5) is 9.93 Å². The number of ketones is 1. The van der Waals surface area contributed by atoms with Crippen LogP contribution >= 0.6 is 11.3 Å². The molecule has 0 atom stereocenters. The summed E-state index contributed by atoms with van der Waals surface area (Å²) in [7, 11) is 0. The van der Waals surface area contributed by atoms with Gasteiger partial charge in [0.05, 0.1) is 0 Å². The summed E-state index contributed by atoms with van der Waals surface area (Å²) in [6, 6.07) is 0. The number of thiazole rings is 1. The molecule has 1 rings (SSSR count). The highest BCUT2D eigenvalue weighted by Crippen LogP contribution is 2.16. The average Bonchev–Trinajstić information content (AvgIpc) is 2.74. The number of aromatic nitrogens is 1. The van der Waals surface area contributed by atoms with Gasteiger partial charge in [0.1, 0.15) is 5.69 Å². The van der Waals surface area contributed by atoms with Crippen molar-refractivity contribution in [2.24, 2.45) is 11.7 Å². The number of hydrogen-bond acceptors (Lipinski definition) is 6. The lowest BCUT2D eigenvalue weighted by Crippen LogP contribution is -2.19. The molecule has 1 aromatic heterocycles. The van der Waals surface area contributed by atoms with Crippen molar-refractivity contribution in [3.63, 3.8) is 0 Å². The van der Waals surface area contributed by atoms with E-state index in [1.807, 2.05) is 0 Å². The monoisotopic (exact) mass is 271 g/mol. The SMILES string of the molecule is CC(C)C(=O)Nc1nc(C(=O)COC(N)=O)cs1. The summed E-state index contributed by atoms with van der Waals surface area (Å²) in [4.78, 5) is 37.1. The second kappa shape index (κ2) is 6.10. The summed E-state index contributed by atoms with van der Waals surface area (Å²) in [5, 5.41) is 4.37. The second-order valence-electron chi connectivity index (χ2n) is 3.71. The van der Waals surface area contributed by atoms with Crippen molar-refractivity contribution in [1.82, 2.24) is 4.98 Å². The molecule has 0 radical (unpaired) electrons. The van der Waals surface area contributed by atoms with Gasteiger partial charge in [0.25, 0.3) is 0 Å². The van der Waals surface area contributed by atoms with Crippen LogP contribution in [0.5, 0.6) is 0 Å². The van der Waals surface area contributed by atoms with E-state index in [-0.39, 0.29) is 17.5 Å². The molecule has 18 heavy (non-hydrogen) atoms. The molecule has 1 aromatic rings. The number of primary amides is 1. The standard InChI is InChI=1S/C10H13N3O4S/c1-5(2)8(15)13-10-12-6(4-18-10)7(14)3-17-9(11)16/h4-5H,3H2,1-2H3,(H2,11,16)(H,12,13,15). The van der Waals surface area contributed by atoms with Gasteiger partial charge < -0.3 is 15.8 Å². The largest absolute Gasteiger partial charge is 0.441 e. The zero-order valence-electron chi connectivity index (χ0n) is 9.93. The molecule has 0 fully saturated rings. The van der Waals surface area contributed by atoms with Gasteiger partial charge in [0.15, 0.2) is 11.7 Å². The van der Waals surface area contributed by atoms with Gasteiger partial charge in [0.2, 0.25) is 11.7 Å². The molecule has 1 heterocycles. The Morgan fingerprint density at radius 2 is 2.17 bits per heavy atom. The number of Topliss-reactive ketones (excluding diaryl/α,β-unsaturated/α-hetero) is 1. The van der Waals surface area contributed by atoms with Crippen molar-refractivity contribution in [2.45, 2.75) is 13.8 Å². The first kappa shape index (κ1) is 14.1. The quantitative estimate of drug-likeness (QED) is 0.776. The molecule has 0 bridgehead atoms. The summed E-state index contributed by atoms with van der Waals surface area (Å²) < 4.78 is 4.35. The van der Waals surface area contributed by atoms with Crippen molar-refractivity contribution in [1.29, 1.82) is 0 Å². The predicted octanol–water partition coefficient (Wildman–Crippen LogP) is 1.02. The van der Waals surface area contributed by atoms with Gasteiger partial charge in [-0.1, -0.05) is 13.8 Å². The lowest BCUT2D eigenvalue weighted by Gasteiger charge is -2.03. The Labute approximate surface area is 107 Å². The molecule has 0 aliphatic heterocycles. The van der Waals surface area contributed by atoms with Gasteiger partial charge in [-0.15, -0.1) is 11.3 Å².